The Labute approximate surface area is 334 Å². The van der Waals surface area contributed by atoms with Crippen LogP contribution in [0, 0.1) is 30.7 Å². The molecule has 0 aliphatic heterocycles. The van der Waals surface area contributed by atoms with Gasteiger partial charge in [-0.15, -0.1) is 40.5 Å². The number of ketones is 1. The summed E-state index contributed by atoms with van der Waals surface area (Å²) in [6, 6.07) is 25.7. The van der Waals surface area contributed by atoms with Crippen molar-refractivity contribution in [2.45, 2.75) is 107 Å². The number of aromatic nitrogens is 1. The van der Waals surface area contributed by atoms with E-state index in [-0.39, 0.29) is 48.9 Å². The van der Waals surface area contributed by atoms with Crippen LogP contribution < -0.4 is 0 Å². The number of thiophene rings is 1. The maximum absolute atomic E-state index is 11.7. The first-order valence-electron chi connectivity index (χ1n) is 19.1. The molecule has 0 fully saturated rings. The summed E-state index contributed by atoms with van der Waals surface area (Å²) < 4.78 is 6.03. The molecule has 4 nitrogen and oxygen atoms in total. The minimum Gasteiger partial charge on any atom is -0.512 e. The molecule has 3 aromatic heterocycles. The van der Waals surface area contributed by atoms with Gasteiger partial charge < -0.3 is 9.52 Å². The molecule has 53 heavy (non-hydrogen) atoms. The summed E-state index contributed by atoms with van der Waals surface area (Å²) in [5.74, 6) is 1.14. The molecule has 0 atom stereocenters. The monoisotopic (exact) mass is 907 g/mol. The first-order valence-corrected chi connectivity index (χ1v) is 19.9. The van der Waals surface area contributed by atoms with Crippen LogP contribution in [0.3, 0.4) is 0 Å². The molecule has 0 unspecified atom stereocenters. The number of hydrogen-bond acceptors (Lipinski definition) is 5. The fourth-order valence-corrected chi connectivity index (χ4v) is 8.03. The van der Waals surface area contributed by atoms with Crippen molar-refractivity contribution in [2.75, 3.05) is 0 Å². The Morgan fingerprint density at radius 1 is 0.906 bits per heavy atom. The van der Waals surface area contributed by atoms with E-state index in [1.807, 2.05) is 34.0 Å². The molecule has 283 valence electrons. The summed E-state index contributed by atoms with van der Waals surface area (Å²) in [5, 5.41) is 14.5. The maximum atomic E-state index is 11.7. The third kappa shape index (κ3) is 9.76. The van der Waals surface area contributed by atoms with Crippen LogP contribution in [0.4, 0.5) is 0 Å². The smallest absolute Gasteiger partial charge is 0.162 e. The second-order valence-electron chi connectivity index (χ2n) is 15.6. The van der Waals surface area contributed by atoms with Crippen molar-refractivity contribution in [3.05, 3.63) is 101 Å². The Balaban J connectivity index is 0.000000335. The van der Waals surface area contributed by atoms with Crippen LogP contribution in [0.2, 0.25) is 0 Å². The number of furan rings is 1. The second-order valence-corrected chi connectivity index (χ2v) is 16.8. The Morgan fingerprint density at radius 2 is 1.58 bits per heavy atom. The van der Waals surface area contributed by atoms with Gasteiger partial charge in [-0.3, -0.25) is 9.78 Å². The zero-order chi connectivity index (χ0) is 37.7. The molecule has 3 heterocycles. The molecule has 0 bridgehead atoms. The molecule has 0 saturated heterocycles. The number of hydrogen-bond donors (Lipinski definition) is 1. The molecule has 6 aromatic rings. The molecule has 0 aliphatic rings. The van der Waals surface area contributed by atoms with Crippen LogP contribution in [0.15, 0.2) is 83.2 Å². The van der Waals surface area contributed by atoms with Crippen molar-refractivity contribution in [2.24, 2.45) is 17.8 Å². The second kappa shape index (κ2) is 18.2. The standard InChI is InChI=1S/C34H32NOS.C13H24O2.Ir/c1-20(2)13-25-19-36-32-17-23(11-12-27(25)32)28-18-31(35-33-29(28)14-21(3)37-33)24-15-22-9-7-8-10-26(22)30(16-24)34(4,5)6;1-5-10(6-2)12(14)9-13(15)11(7-3)8-4;/h7-12,14,16-20H,13H2,1-6H3;9-11,14H,5-8H2,1-4H3;/q-1;;/b;12-9-;. The number of allylic oxidation sites excluding steroid dienone is 2. The number of nitrogens with zero attached hydrogens (tertiary/aromatic N) is 1. The molecule has 6 heteroatoms. The number of carbonyl (C=O) groups is 1. The Kier molecular flexibility index (Phi) is 14.5. The van der Waals surface area contributed by atoms with Gasteiger partial charge in [0.15, 0.2) is 5.78 Å². The van der Waals surface area contributed by atoms with E-state index in [1.165, 1.54) is 43.8 Å². The van der Waals surface area contributed by atoms with E-state index in [2.05, 4.69) is 108 Å². The average molecular weight is 907 g/mol. The van der Waals surface area contributed by atoms with Crippen molar-refractivity contribution in [3.63, 3.8) is 0 Å². The average Bonchev–Trinajstić information content (AvgIpc) is 3.69. The zero-order valence-electron chi connectivity index (χ0n) is 33.1. The van der Waals surface area contributed by atoms with Crippen molar-refractivity contribution in [1.29, 1.82) is 0 Å². The Bertz CT molecular complexity index is 2190. The minimum atomic E-state index is 0. The minimum absolute atomic E-state index is 0. The number of pyridine rings is 1. The quantitative estimate of drug-likeness (QED) is 0.0799. The number of carbonyl (C=O) groups excluding carboxylic acids is 1. The molecule has 1 N–H and O–H groups in total. The third-order valence-electron chi connectivity index (χ3n) is 10.2. The van der Waals surface area contributed by atoms with E-state index >= 15 is 0 Å². The maximum Gasteiger partial charge on any atom is 0.162 e. The normalized spacial score (nSPS) is 12.2. The molecular weight excluding hydrogens is 851 g/mol. The van der Waals surface area contributed by atoms with E-state index in [4.69, 9.17) is 9.40 Å². The van der Waals surface area contributed by atoms with Gasteiger partial charge in [0.1, 0.15) is 10.4 Å². The molecule has 0 spiro atoms. The predicted octanol–water partition coefficient (Wildman–Crippen LogP) is 14.0. The van der Waals surface area contributed by atoms with Gasteiger partial charge in [0.05, 0.1) is 12.0 Å². The van der Waals surface area contributed by atoms with Crippen molar-refractivity contribution in [1.82, 2.24) is 4.98 Å². The van der Waals surface area contributed by atoms with E-state index < -0.39 is 0 Å². The predicted molar refractivity (Wildman–Crippen MR) is 222 cm³/mol. The third-order valence-corrected chi connectivity index (χ3v) is 11.1. The Morgan fingerprint density at radius 3 is 2.23 bits per heavy atom. The summed E-state index contributed by atoms with van der Waals surface area (Å²) in [5.41, 5.74) is 7.89. The molecule has 6 rings (SSSR count). The first kappa shape index (κ1) is 42.2. The van der Waals surface area contributed by atoms with Crippen LogP contribution in [0.25, 0.3) is 54.3 Å². The van der Waals surface area contributed by atoms with Gasteiger partial charge in [0.25, 0.3) is 0 Å². The van der Waals surface area contributed by atoms with Crippen molar-refractivity contribution >= 4 is 49.1 Å². The van der Waals surface area contributed by atoms with Gasteiger partial charge in [-0.05, 0) is 79.2 Å². The molecule has 1 radical (unpaired) electrons. The summed E-state index contributed by atoms with van der Waals surface area (Å²) in [4.78, 5) is 19.2. The zero-order valence-corrected chi connectivity index (χ0v) is 36.4. The van der Waals surface area contributed by atoms with Crippen LogP contribution in [-0.4, -0.2) is 15.9 Å². The van der Waals surface area contributed by atoms with Gasteiger partial charge in [0.2, 0.25) is 0 Å². The molecular formula is C47H56IrNO3S-. The van der Waals surface area contributed by atoms with Gasteiger partial charge in [-0.2, -0.15) is 0 Å². The van der Waals surface area contributed by atoms with E-state index in [1.54, 1.807) is 11.3 Å². The summed E-state index contributed by atoms with van der Waals surface area (Å²) >= 11 is 1.75. The largest absolute Gasteiger partial charge is 0.512 e. The SMILES string of the molecule is CCC(CC)C(=O)/C=C(\O)C(CC)CC.Cc1cc2c(-c3ccc4c(CC(C)C)coc4c3)cc(-c3[c-]c4ccccc4c(C(C)(C)C)c3)nc2s1.[Ir]. The number of aryl methyl sites for hydroxylation is 1. The van der Waals surface area contributed by atoms with Gasteiger partial charge in [-0.25, -0.2) is 0 Å². The van der Waals surface area contributed by atoms with Crippen LogP contribution >= 0.6 is 11.3 Å². The molecule has 0 saturated carbocycles. The number of benzene rings is 3. The van der Waals surface area contributed by atoms with Crippen LogP contribution in [0.1, 0.15) is 104 Å². The number of aliphatic hydroxyl groups is 1. The van der Waals surface area contributed by atoms with Crippen molar-refractivity contribution < 1.29 is 34.4 Å². The van der Waals surface area contributed by atoms with Gasteiger partial charge >= 0.3 is 0 Å². The topological polar surface area (TPSA) is 63.3 Å². The summed E-state index contributed by atoms with van der Waals surface area (Å²) in [7, 11) is 0. The fraction of sp³-hybridized carbons (Fsp3) is 0.404. The molecule has 0 aliphatic carbocycles. The van der Waals surface area contributed by atoms with E-state index in [0.29, 0.717) is 5.92 Å². The van der Waals surface area contributed by atoms with Gasteiger partial charge in [-0.1, -0.05) is 110 Å². The number of aliphatic hydroxyl groups excluding tert-OH is 1. The van der Waals surface area contributed by atoms with Gasteiger partial charge in [0, 0.05) is 59.4 Å². The molecule has 0 amide bonds. The van der Waals surface area contributed by atoms with Crippen molar-refractivity contribution in [3.8, 4) is 22.4 Å². The number of fused-ring (bicyclic) bond motifs is 3. The van der Waals surface area contributed by atoms with E-state index in [9.17, 15) is 9.90 Å². The van der Waals surface area contributed by atoms with Crippen LogP contribution in [-0.2, 0) is 36.7 Å². The number of rotatable bonds is 11. The fourth-order valence-electron chi connectivity index (χ4n) is 7.13. The first-order chi connectivity index (χ1) is 24.8. The Hall–Kier alpha value is -3.57. The molecule has 3 aromatic carbocycles. The van der Waals surface area contributed by atoms with E-state index in [0.717, 1.165) is 64.7 Å². The summed E-state index contributed by atoms with van der Waals surface area (Å²) in [6.07, 6.45) is 7.85. The summed E-state index contributed by atoms with van der Waals surface area (Å²) in [6.45, 7) is 21.5. The van der Waals surface area contributed by atoms with Crippen LogP contribution in [0.5, 0.6) is 0 Å².